The zero-order valence-corrected chi connectivity index (χ0v) is 15.9. The van der Waals surface area contributed by atoms with Gasteiger partial charge in [-0.2, -0.15) is 4.98 Å². The lowest BCUT2D eigenvalue weighted by molar-refractivity contribution is -0.0642. The summed E-state index contributed by atoms with van der Waals surface area (Å²) in [6.45, 7) is 2.85. The Morgan fingerprint density at radius 3 is 2.54 bits per heavy atom. The number of fused-ring (bicyclic) bond motifs is 1. The molecule has 0 aromatic carbocycles. The molecule has 0 amide bonds. The van der Waals surface area contributed by atoms with Gasteiger partial charge in [0.2, 0.25) is 11.6 Å². The molecule has 4 heterocycles. The summed E-state index contributed by atoms with van der Waals surface area (Å²) in [5.74, 6) is -1.78. The van der Waals surface area contributed by atoms with Crippen LogP contribution < -0.4 is 14.4 Å². The smallest absolute Gasteiger partial charge is 0.319 e. The van der Waals surface area contributed by atoms with E-state index in [1.807, 2.05) is 0 Å². The predicted molar refractivity (Wildman–Crippen MR) is 96.9 cm³/mol. The first-order chi connectivity index (χ1) is 13.3. The van der Waals surface area contributed by atoms with Crippen LogP contribution in [0.4, 0.5) is 14.6 Å². The van der Waals surface area contributed by atoms with E-state index in [2.05, 4.69) is 19.9 Å². The number of hydrogen-bond acceptors (Lipinski definition) is 8. The molecule has 0 spiro atoms. The summed E-state index contributed by atoms with van der Waals surface area (Å²) in [6, 6.07) is 1.83. The lowest BCUT2D eigenvalue weighted by Crippen LogP contribution is -2.34. The molecule has 3 aromatic heterocycles. The van der Waals surface area contributed by atoms with E-state index in [1.165, 1.54) is 26.7 Å². The maximum absolute atomic E-state index is 14.3. The molecule has 0 radical (unpaired) electrons. The van der Waals surface area contributed by atoms with Crippen molar-refractivity contribution in [2.24, 2.45) is 5.41 Å². The second-order valence-corrected chi connectivity index (χ2v) is 7.25. The Bertz CT molecular complexity index is 1020. The van der Waals surface area contributed by atoms with Crippen molar-refractivity contribution < 1.29 is 22.7 Å². The standard InChI is InChI=1S/C18H19F2N5O3/c1-17(2)7-25(8-18(17,19)20)13-10-5-12(28-14(10)23-9-22-13)11-6-21-16(27-4)24-15(11)26-3/h5-6,9H,7-8H2,1-4H3. The topological polar surface area (TPSA) is 86.4 Å². The van der Waals surface area contributed by atoms with E-state index in [-0.39, 0.29) is 24.1 Å². The number of hydrogen-bond donors (Lipinski definition) is 0. The second kappa shape index (κ2) is 6.25. The lowest BCUT2D eigenvalue weighted by Gasteiger charge is -2.23. The molecule has 8 nitrogen and oxygen atoms in total. The fraction of sp³-hybridized carbons (Fsp3) is 0.444. The first kappa shape index (κ1) is 18.3. The summed E-state index contributed by atoms with van der Waals surface area (Å²) in [5, 5.41) is 0.531. The van der Waals surface area contributed by atoms with Crippen LogP contribution in [0.5, 0.6) is 11.9 Å². The minimum Gasteiger partial charge on any atom is -0.480 e. The average Bonchev–Trinajstić information content (AvgIpc) is 3.18. The molecule has 1 fully saturated rings. The van der Waals surface area contributed by atoms with Gasteiger partial charge in [0.05, 0.1) is 31.7 Å². The number of halogens is 2. The molecular weight excluding hydrogens is 372 g/mol. The van der Waals surface area contributed by atoms with Crippen LogP contribution in [-0.2, 0) is 0 Å². The summed E-state index contributed by atoms with van der Waals surface area (Å²) in [6.07, 6.45) is 2.80. The molecule has 1 aliphatic rings. The van der Waals surface area contributed by atoms with Gasteiger partial charge < -0.3 is 18.8 Å². The number of furan rings is 1. The van der Waals surface area contributed by atoms with E-state index < -0.39 is 17.9 Å². The van der Waals surface area contributed by atoms with Gasteiger partial charge in [-0.05, 0) is 6.07 Å². The fourth-order valence-corrected chi connectivity index (χ4v) is 3.25. The number of nitrogens with zero attached hydrogens (tertiary/aromatic N) is 5. The Labute approximate surface area is 159 Å². The molecule has 0 saturated carbocycles. The van der Waals surface area contributed by atoms with Gasteiger partial charge in [0.1, 0.15) is 17.9 Å². The van der Waals surface area contributed by atoms with E-state index in [9.17, 15) is 8.78 Å². The molecule has 3 aromatic rings. The summed E-state index contributed by atoms with van der Waals surface area (Å²) in [5.41, 5.74) is -0.394. The fourth-order valence-electron chi connectivity index (χ4n) is 3.25. The van der Waals surface area contributed by atoms with Gasteiger partial charge in [-0.15, -0.1) is 0 Å². The predicted octanol–water partition coefficient (Wildman–Crippen LogP) is 3.18. The lowest BCUT2D eigenvalue weighted by atomic mass is 9.89. The van der Waals surface area contributed by atoms with E-state index >= 15 is 0 Å². The second-order valence-electron chi connectivity index (χ2n) is 7.25. The average molecular weight is 391 g/mol. The number of aromatic nitrogens is 4. The summed E-state index contributed by atoms with van der Waals surface area (Å²) in [4.78, 5) is 18.1. The normalized spacial score (nSPS) is 17.9. The SMILES string of the molecule is COc1ncc(-c2cc3c(N4CC(C)(C)C(F)(F)C4)ncnc3o2)c(OC)n1. The largest absolute Gasteiger partial charge is 0.480 e. The zero-order valence-electron chi connectivity index (χ0n) is 15.9. The van der Waals surface area contributed by atoms with Gasteiger partial charge >= 0.3 is 6.01 Å². The van der Waals surface area contributed by atoms with E-state index in [0.29, 0.717) is 22.5 Å². The summed E-state index contributed by atoms with van der Waals surface area (Å²) >= 11 is 0. The Hall–Kier alpha value is -3.04. The van der Waals surface area contributed by atoms with Crippen molar-refractivity contribution in [1.29, 1.82) is 0 Å². The molecule has 0 unspecified atom stereocenters. The highest BCUT2D eigenvalue weighted by atomic mass is 19.3. The van der Waals surface area contributed by atoms with Crippen molar-refractivity contribution in [3.05, 3.63) is 18.6 Å². The van der Waals surface area contributed by atoms with Crippen LogP contribution >= 0.6 is 0 Å². The molecular formula is C18H19F2N5O3. The van der Waals surface area contributed by atoms with Crippen LogP contribution in [0.15, 0.2) is 23.0 Å². The Morgan fingerprint density at radius 1 is 1.11 bits per heavy atom. The number of alkyl halides is 2. The number of ether oxygens (including phenoxy) is 2. The first-order valence-corrected chi connectivity index (χ1v) is 8.58. The van der Waals surface area contributed by atoms with Crippen molar-refractivity contribution in [2.45, 2.75) is 19.8 Å². The first-order valence-electron chi connectivity index (χ1n) is 8.58. The highest BCUT2D eigenvalue weighted by molar-refractivity contribution is 5.90. The van der Waals surface area contributed by atoms with Crippen molar-refractivity contribution in [3.63, 3.8) is 0 Å². The van der Waals surface area contributed by atoms with Gasteiger partial charge in [0.15, 0.2) is 0 Å². The third-order valence-corrected chi connectivity index (χ3v) is 4.95. The molecule has 0 N–H and O–H groups in total. The molecule has 148 valence electrons. The molecule has 0 atom stereocenters. The minimum absolute atomic E-state index is 0.152. The van der Waals surface area contributed by atoms with Gasteiger partial charge in [-0.25, -0.2) is 23.7 Å². The minimum atomic E-state index is -2.83. The highest BCUT2D eigenvalue weighted by Gasteiger charge is 2.54. The van der Waals surface area contributed by atoms with E-state index in [4.69, 9.17) is 13.9 Å². The molecule has 0 bridgehead atoms. The van der Waals surface area contributed by atoms with Gasteiger partial charge in [0, 0.05) is 18.2 Å². The zero-order chi connectivity index (χ0) is 20.1. The number of anilines is 1. The number of rotatable bonds is 4. The van der Waals surface area contributed by atoms with Gasteiger partial charge in [-0.3, -0.25) is 0 Å². The third-order valence-electron chi connectivity index (χ3n) is 4.95. The quantitative estimate of drug-likeness (QED) is 0.670. The van der Waals surface area contributed by atoms with Crippen LogP contribution in [-0.4, -0.2) is 53.2 Å². The van der Waals surface area contributed by atoms with Crippen LogP contribution in [0.3, 0.4) is 0 Å². The van der Waals surface area contributed by atoms with Crippen LogP contribution in [0.25, 0.3) is 22.4 Å². The molecule has 0 aliphatic carbocycles. The molecule has 1 aliphatic heterocycles. The van der Waals surface area contributed by atoms with Crippen LogP contribution in [0.2, 0.25) is 0 Å². The summed E-state index contributed by atoms with van der Waals surface area (Å²) in [7, 11) is 2.92. The summed E-state index contributed by atoms with van der Waals surface area (Å²) < 4.78 is 44.8. The monoisotopic (exact) mass is 391 g/mol. The van der Waals surface area contributed by atoms with Crippen LogP contribution in [0, 0.1) is 5.41 Å². The molecule has 1 saturated heterocycles. The molecule has 4 rings (SSSR count). The highest BCUT2D eigenvalue weighted by Crippen LogP contribution is 2.45. The number of methoxy groups -OCH3 is 2. The maximum Gasteiger partial charge on any atom is 0.319 e. The molecule has 10 heteroatoms. The Balaban J connectivity index is 1.79. The van der Waals surface area contributed by atoms with Crippen molar-refractivity contribution in [1.82, 2.24) is 19.9 Å². The van der Waals surface area contributed by atoms with Gasteiger partial charge in [-0.1, -0.05) is 13.8 Å². The third kappa shape index (κ3) is 2.79. The maximum atomic E-state index is 14.3. The van der Waals surface area contributed by atoms with E-state index in [1.54, 1.807) is 24.8 Å². The van der Waals surface area contributed by atoms with Gasteiger partial charge in [0.25, 0.3) is 5.92 Å². The molecule has 28 heavy (non-hydrogen) atoms. The van der Waals surface area contributed by atoms with Crippen molar-refractivity contribution in [3.8, 4) is 23.2 Å². The van der Waals surface area contributed by atoms with Crippen molar-refractivity contribution >= 4 is 16.9 Å². The van der Waals surface area contributed by atoms with Crippen LogP contribution in [0.1, 0.15) is 13.8 Å². The van der Waals surface area contributed by atoms with Crippen molar-refractivity contribution in [2.75, 3.05) is 32.2 Å². The Kier molecular flexibility index (Phi) is 4.09. The van der Waals surface area contributed by atoms with E-state index in [0.717, 1.165) is 0 Å². The Morgan fingerprint density at radius 2 is 1.89 bits per heavy atom.